The zero-order valence-corrected chi connectivity index (χ0v) is 12.9. The van der Waals surface area contributed by atoms with Crippen molar-refractivity contribution in [1.29, 1.82) is 0 Å². The maximum Gasteiger partial charge on any atom is 0.257 e. The van der Waals surface area contributed by atoms with Crippen LogP contribution < -0.4 is 4.90 Å². The van der Waals surface area contributed by atoms with Crippen molar-refractivity contribution in [3.63, 3.8) is 0 Å². The molecule has 2 saturated heterocycles. The van der Waals surface area contributed by atoms with Gasteiger partial charge in [-0.1, -0.05) is 6.92 Å². The van der Waals surface area contributed by atoms with E-state index in [0.717, 1.165) is 56.3 Å². The van der Waals surface area contributed by atoms with Gasteiger partial charge in [-0.25, -0.2) is 4.98 Å². The molecule has 0 saturated carbocycles. The van der Waals surface area contributed by atoms with E-state index in [2.05, 4.69) is 16.8 Å². The van der Waals surface area contributed by atoms with Crippen LogP contribution in [-0.2, 0) is 0 Å². The SMILES string of the molecule is CC1CCN(C(=O)c2cccnc2N2CCCCC2)CC1. The number of aromatic nitrogens is 1. The van der Waals surface area contributed by atoms with Gasteiger partial charge in [0.25, 0.3) is 5.91 Å². The second-order valence-electron chi connectivity index (χ2n) is 6.40. The molecule has 0 radical (unpaired) electrons. The second kappa shape index (κ2) is 6.46. The molecule has 114 valence electrons. The molecule has 1 aromatic rings. The van der Waals surface area contributed by atoms with Crippen molar-refractivity contribution >= 4 is 11.7 Å². The van der Waals surface area contributed by atoms with Crippen LogP contribution in [0.15, 0.2) is 18.3 Å². The fourth-order valence-electron chi connectivity index (χ4n) is 3.30. The van der Waals surface area contributed by atoms with Crippen molar-refractivity contribution in [3.8, 4) is 0 Å². The molecule has 2 aliphatic rings. The average Bonchev–Trinajstić information content (AvgIpc) is 2.56. The quantitative estimate of drug-likeness (QED) is 0.839. The number of piperidine rings is 2. The number of amides is 1. The molecule has 3 rings (SSSR count). The zero-order chi connectivity index (χ0) is 14.7. The van der Waals surface area contributed by atoms with Crippen LogP contribution in [0.3, 0.4) is 0 Å². The third kappa shape index (κ3) is 3.20. The van der Waals surface area contributed by atoms with Crippen molar-refractivity contribution in [2.45, 2.75) is 39.0 Å². The Bertz CT molecular complexity index is 489. The molecule has 3 heterocycles. The number of likely N-dealkylation sites (tertiary alicyclic amines) is 1. The normalized spacial score (nSPS) is 20.6. The number of nitrogens with zero attached hydrogens (tertiary/aromatic N) is 3. The standard InChI is InChI=1S/C17H25N3O/c1-14-7-12-20(13-8-14)17(21)15-6-5-9-18-16(15)19-10-3-2-4-11-19/h5-6,9,14H,2-4,7-8,10-13H2,1H3. The van der Waals surface area contributed by atoms with Gasteiger partial charge < -0.3 is 9.80 Å². The highest BCUT2D eigenvalue weighted by Gasteiger charge is 2.25. The molecule has 0 unspecified atom stereocenters. The van der Waals surface area contributed by atoms with Gasteiger partial charge in [0.1, 0.15) is 5.82 Å². The lowest BCUT2D eigenvalue weighted by molar-refractivity contribution is 0.0697. The first-order valence-corrected chi connectivity index (χ1v) is 8.25. The molecule has 1 amide bonds. The lowest BCUT2D eigenvalue weighted by Gasteiger charge is -2.33. The molecule has 0 N–H and O–H groups in total. The first-order chi connectivity index (χ1) is 10.3. The third-order valence-electron chi connectivity index (χ3n) is 4.74. The van der Waals surface area contributed by atoms with Gasteiger partial charge in [0.2, 0.25) is 0 Å². The number of carbonyl (C=O) groups excluding carboxylic acids is 1. The van der Waals surface area contributed by atoms with Crippen LogP contribution in [-0.4, -0.2) is 42.0 Å². The van der Waals surface area contributed by atoms with Gasteiger partial charge in [0.05, 0.1) is 5.56 Å². The number of pyridine rings is 1. The van der Waals surface area contributed by atoms with E-state index in [-0.39, 0.29) is 5.91 Å². The van der Waals surface area contributed by atoms with E-state index >= 15 is 0 Å². The summed E-state index contributed by atoms with van der Waals surface area (Å²) in [4.78, 5) is 21.6. The highest BCUT2D eigenvalue weighted by atomic mass is 16.2. The minimum absolute atomic E-state index is 0.163. The van der Waals surface area contributed by atoms with Gasteiger partial charge in [-0.05, 0) is 50.2 Å². The van der Waals surface area contributed by atoms with Crippen LogP contribution >= 0.6 is 0 Å². The minimum Gasteiger partial charge on any atom is -0.356 e. The Kier molecular flexibility index (Phi) is 4.42. The third-order valence-corrected chi connectivity index (χ3v) is 4.74. The summed E-state index contributed by atoms with van der Waals surface area (Å²) in [6, 6.07) is 3.82. The monoisotopic (exact) mass is 287 g/mol. The number of rotatable bonds is 2. The minimum atomic E-state index is 0.163. The van der Waals surface area contributed by atoms with Crippen LogP contribution in [0.4, 0.5) is 5.82 Å². The summed E-state index contributed by atoms with van der Waals surface area (Å²) in [7, 11) is 0. The van der Waals surface area contributed by atoms with Crippen molar-refractivity contribution < 1.29 is 4.79 Å². The van der Waals surface area contributed by atoms with Gasteiger partial charge in [-0.15, -0.1) is 0 Å². The van der Waals surface area contributed by atoms with E-state index in [4.69, 9.17) is 0 Å². The smallest absolute Gasteiger partial charge is 0.257 e. The van der Waals surface area contributed by atoms with Crippen LogP contribution in [0, 0.1) is 5.92 Å². The van der Waals surface area contributed by atoms with Crippen LogP contribution in [0.5, 0.6) is 0 Å². The Morgan fingerprint density at radius 3 is 2.57 bits per heavy atom. The van der Waals surface area contributed by atoms with E-state index in [0.29, 0.717) is 0 Å². The molecule has 0 aromatic carbocycles. The van der Waals surface area contributed by atoms with Gasteiger partial charge in [0, 0.05) is 32.4 Å². The molecule has 0 atom stereocenters. The molecule has 21 heavy (non-hydrogen) atoms. The van der Waals surface area contributed by atoms with Crippen molar-refractivity contribution in [1.82, 2.24) is 9.88 Å². The van der Waals surface area contributed by atoms with Gasteiger partial charge in [-0.2, -0.15) is 0 Å². The van der Waals surface area contributed by atoms with Crippen molar-refractivity contribution in [2.75, 3.05) is 31.1 Å². The largest absolute Gasteiger partial charge is 0.356 e. The summed E-state index contributed by atoms with van der Waals surface area (Å²) in [6.07, 6.45) is 7.72. The molecule has 1 aromatic heterocycles. The molecule has 2 fully saturated rings. The first-order valence-electron chi connectivity index (χ1n) is 8.25. The Morgan fingerprint density at radius 1 is 1.14 bits per heavy atom. The van der Waals surface area contributed by atoms with E-state index in [1.807, 2.05) is 17.0 Å². The second-order valence-corrected chi connectivity index (χ2v) is 6.40. The zero-order valence-electron chi connectivity index (χ0n) is 12.9. The van der Waals surface area contributed by atoms with Crippen LogP contribution in [0.2, 0.25) is 0 Å². The lowest BCUT2D eigenvalue weighted by Crippen LogP contribution is -2.39. The Morgan fingerprint density at radius 2 is 1.86 bits per heavy atom. The fraction of sp³-hybridized carbons (Fsp3) is 0.647. The van der Waals surface area contributed by atoms with Gasteiger partial charge in [-0.3, -0.25) is 4.79 Å². The number of carbonyl (C=O) groups is 1. The van der Waals surface area contributed by atoms with Crippen LogP contribution in [0.1, 0.15) is 49.4 Å². The number of anilines is 1. The Hall–Kier alpha value is -1.58. The fourth-order valence-corrected chi connectivity index (χ4v) is 3.30. The Balaban J connectivity index is 1.79. The maximum absolute atomic E-state index is 12.8. The van der Waals surface area contributed by atoms with Crippen LogP contribution in [0.25, 0.3) is 0 Å². The van der Waals surface area contributed by atoms with Crippen molar-refractivity contribution in [2.24, 2.45) is 5.92 Å². The molecular formula is C17H25N3O. The highest BCUT2D eigenvalue weighted by molar-refractivity contribution is 5.99. The summed E-state index contributed by atoms with van der Waals surface area (Å²) in [5.41, 5.74) is 0.786. The van der Waals surface area contributed by atoms with E-state index in [1.165, 1.54) is 19.3 Å². The highest BCUT2D eigenvalue weighted by Crippen LogP contribution is 2.25. The van der Waals surface area contributed by atoms with E-state index < -0.39 is 0 Å². The molecule has 0 bridgehead atoms. The predicted molar refractivity (Wildman–Crippen MR) is 84.6 cm³/mol. The molecular weight excluding hydrogens is 262 g/mol. The van der Waals surface area contributed by atoms with Crippen molar-refractivity contribution in [3.05, 3.63) is 23.9 Å². The maximum atomic E-state index is 12.8. The summed E-state index contributed by atoms with van der Waals surface area (Å²) < 4.78 is 0. The topological polar surface area (TPSA) is 36.4 Å². The predicted octanol–water partition coefficient (Wildman–Crippen LogP) is 2.94. The average molecular weight is 287 g/mol. The summed E-state index contributed by atoms with van der Waals surface area (Å²) in [5.74, 6) is 1.79. The number of hydrogen-bond donors (Lipinski definition) is 0. The summed E-state index contributed by atoms with van der Waals surface area (Å²) in [5, 5.41) is 0. The van der Waals surface area contributed by atoms with Gasteiger partial charge >= 0.3 is 0 Å². The summed E-state index contributed by atoms with van der Waals surface area (Å²) in [6.45, 7) is 6.08. The molecule has 0 aliphatic carbocycles. The first kappa shape index (κ1) is 14.4. The molecule has 4 nitrogen and oxygen atoms in total. The molecule has 0 spiro atoms. The molecule has 4 heteroatoms. The van der Waals surface area contributed by atoms with E-state index in [9.17, 15) is 4.79 Å². The van der Waals surface area contributed by atoms with Gasteiger partial charge in [0.15, 0.2) is 0 Å². The summed E-state index contributed by atoms with van der Waals surface area (Å²) >= 11 is 0. The van der Waals surface area contributed by atoms with E-state index in [1.54, 1.807) is 6.20 Å². The lowest BCUT2D eigenvalue weighted by atomic mass is 9.98. The molecule has 2 aliphatic heterocycles. The number of hydrogen-bond acceptors (Lipinski definition) is 3. The Labute approximate surface area is 127 Å².